The molecule has 8 nitrogen and oxygen atoms in total. The van der Waals surface area contributed by atoms with Crippen LogP contribution in [0.25, 0.3) is 16.5 Å². The number of carbonyl (C=O) groups excluding carboxylic acids is 3. The lowest BCUT2D eigenvalue weighted by atomic mass is 10.1. The number of rotatable bonds is 7. The van der Waals surface area contributed by atoms with Crippen LogP contribution < -0.4 is 14.8 Å². The molecule has 0 saturated carbocycles. The maximum absolute atomic E-state index is 12.6. The van der Waals surface area contributed by atoms with E-state index in [-0.39, 0.29) is 22.1 Å². The van der Waals surface area contributed by atoms with Crippen LogP contribution in [0.1, 0.15) is 34.6 Å². The Morgan fingerprint density at radius 1 is 0.971 bits per heavy atom. The van der Waals surface area contributed by atoms with Crippen LogP contribution in [0.3, 0.4) is 0 Å². The number of halogens is 1. The molecule has 3 aromatic rings. The largest absolute Gasteiger partial charge is 0.477 e. The van der Waals surface area contributed by atoms with Crippen LogP contribution in [0.2, 0.25) is 5.02 Å². The highest BCUT2D eigenvalue weighted by molar-refractivity contribution is 7.18. The van der Waals surface area contributed by atoms with E-state index in [2.05, 4.69) is 5.32 Å². The van der Waals surface area contributed by atoms with Crippen LogP contribution in [0.4, 0.5) is 5.69 Å². The molecular formula is C25H20ClNO7S. The van der Waals surface area contributed by atoms with Gasteiger partial charge in [0, 0.05) is 29.8 Å². The first kappa shape index (κ1) is 25.7. The molecule has 0 aliphatic heterocycles. The van der Waals surface area contributed by atoms with Gasteiger partial charge in [-0.1, -0.05) is 29.8 Å². The molecule has 0 fully saturated rings. The third-order valence-electron chi connectivity index (χ3n) is 4.60. The van der Waals surface area contributed by atoms with E-state index in [1.165, 1.54) is 38.1 Å². The molecule has 1 aromatic heterocycles. The lowest BCUT2D eigenvalue weighted by Gasteiger charge is -2.09. The molecule has 1 amide bonds. The third kappa shape index (κ3) is 6.56. The second-order valence-corrected chi connectivity index (χ2v) is 8.75. The predicted octanol–water partition coefficient (Wildman–Crippen LogP) is 5.58. The summed E-state index contributed by atoms with van der Waals surface area (Å²) in [6, 6.07) is 11.4. The lowest BCUT2D eigenvalue weighted by molar-refractivity contribution is -0.134. The normalized spacial score (nSPS) is 10.7. The SMILES string of the molecule is CC(=O)Oc1ccc(C=CC(=O)Nc2c(C(=O)O)sc(-c3ccc(Cl)cc3)c2C)cc1OC(C)=O. The van der Waals surface area contributed by atoms with E-state index in [0.29, 0.717) is 21.0 Å². The summed E-state index contributed by atoms with van der Waals surface area (Å²) >= 11 is 7.00. The van der Waals surface area contributed by atoms with E-state index >= 15 is 0 Å². The fourth-order valence-electron chi connectivity index (χ4n) is 3.13. The average molecular weight is 514 g/mol. The van der Waals surface area contributed by atoms with Crippen molar-refractivity contribution in [3.8, 4) is 21.9 Å². The second-order valence-electron chi connectivity index (χ2n) is 7.29. The van der Waals surface area contributed by atoms with Crippen molar-refractivity contribution >= 4 is 58.5 Å². The van der Waals surface area contributed by atoms with Crippen LogP contribution >= 0.6 is 22.9 Å². The number of hydrogen-bond donors (Lipinski definition) is 2. The average Bonchev–Trinajstić information content (AvgIpc) is 3.10. The molecule has 1 heterocycles. The minimum Gasteiger partial charge on any atom is -0.477 e. The zero-order valence-corrected chi connectivity index (χ0v) is 20.5. The van der Waals surface area contributed by atoms with Crippen molar-refractivity contribution in [2.24, 2.45) is 0 Å². The summed E-state index contributed by atoms with van der Waals surface area (Å²) in [6.45, 7) is 4.15. The molecule has 0 saturated heterocycles. The highest BCUT2D eigenvalue weighted by Crippen LogP contribution is 2.40. The van der Waals surface area contributed by atoms with Gasteiger partial charge in [0.2, 0.25) is 5.91 Å². The van der Waals surface area contributed by atoms with Crippen LogP contribution in [0.15, 0.2) is 48.5 Å². The molecule has 180 valence electrons. The molecule has 0 aliphatic carbocycles. The van der Waals surface area contributed by atoms with Crippen molar-refractivity contribution in [1.29, 1.82) is 0 Å². The number of benzene rings is 2. The van der Waals surface area contributed by atoms with Crippen molar-refractivity contribution in [3.05, 3.63) is 69.6 Å². The standard InChI is InChI=1S/C25H20ClNO7S/c1-13-22(24(25(31)32)35-23(13)17-6-8-18(26)9-7-17)27-21(30)11-5-16-4-10-19(33-14(2)28)20(12-16)34-15(3)29/h4-12H,1-3H3,(H,27,30)(H,31,32). The van der Waals surface area contributed by atoms with Gasteiger partial charge in [-0.15, -0.1) is 11.3 Å². The van der Waals surface area contributed by atoms with E-state index in [1.54, 1.807) is 37.3 Å². The summed E-state index contributed by atoms with van der Waals surface area (Å²) in [5, 5.41) is 12.8. The van der Waals surface area contributed by atoms with Crippen molar-refractivity contribution in [1.82, 2.24) is 0 Å². The Kier molecular flexibility index (Phi) is 8.06. The highest BCUT2D eigenvalue weighted by atomic mass is 35.5. The summed E-state index contributed by atoms with van der Waals surface area (Å²) in [5.74, 6) is -2.84. The van der Waals surface area contributed by atoms with Gasteiger partial charge in [-0.3, -0.25) is 14.4 Å². The zero-order chi connectivity index (χ0) is 25.7. The van der Waals surface area contributed by atoms with Gasteiger partial charge in [-0.2, -0.15) is 0 Å². The molecule has 0 radical (unpaired) electrons. The minimum atomic E-state index is -1.16. The zero-order valence-electron chi connectivity index (χ0n) is 18.9. The van der Waals surface area contributed by atoms with Crippen molar-refractivity contribution in [2.45, 2.75) is 20.8 Å². The smallest absolute Gasteiger partial charge is 0.348 e. The first-order valence-corrected chi connectivity index (χ1v) is 11.4. The number of anilines is 1. The second kappa shape index (κ2) is 11.0. The molecular weight excluding hydrogens is 494 g/mol. The number of nitrogens with one attached hydrogen (secondary N) is 1. The number of esters is 2. The predicted molar refractivity (Wildman–Crippen MR) is 133 cm³/mol. The van der Waals surface area contributed by atoms with E-state index in [9.17, 15) is 24.3 Å². The third-order valence-corrected chi connectivity index (χ3v) is 6.18. The van der Waals surface area contributed by atoms with Gasteiger partial charge < -0.3 is 19.9 Å². The Labute approximate surface area is 209 Å². The van der Waals surface area contributed by atoms with Gasteiger partial charge in [-0.05, 0) is 54.0 Å². The molecule has 0 atom stereocenters. The first-order valence-electron chi connectivity index (χ1n) is 10.2. The fraction of sp³-hybridized carbons (Fsp3) is 0.120. The topological polar surface area (TPSA) is 119 Å². The Hall–Kier alpha value is -3.95. The number of thiophene rings is 1. The maximum atomic E-state index is 12.6. The monoisotopic (exact) mass is 513 g/mol. The quantitative estimate of drug-likeness (QED) is 0.240. The van der Waals surface area contributed by atoms with Gasteiger partial charge in [0.25, 0.3) is 0 Å². The van der Waals surface area contributed by atoms with Crippen molar-refractivity contribution in [3.63, 3.8) is 0 Å². The number of hydrogen-bond acceptors (Lipinski definition) is 7. The fourth-order valence-corrected chi connectivity index (χ4v) is 4.36. The van der Waals surface area contributed by atoms with Crippen LogP contribution in [-0.2, 0) is 14.4 Å². The van der Waals surface area contributed by atoms with Gasteiger partial charge >= 0.3 is 17.9 Å². The summed E-state index contributed by atoms with van der Waals surface area (Å²) in [4.78, 5) is 47.8. The molecule has 0 unspecified atom stereocenters. The Morgan fingerprint density at radius 2 is 1.60 bits per heavy atom. The Balaban J connectivity index is 1.86. The van der Waals surface area contributed by atoms with Gasteiger partial charge in [-0.25, -0.2) is 4.79 Å². The number of carbonyl (C=O) groups is 4. The summed E-state index contributed by atoms with van der Waals surface area (Å²) in [5.41, 5.74) is 2.07. The molecule has 3 rings (SSSR count). The molecule has 35 heavy (non-hydrogen) atoms. The number of carboxylic acid groups (broad SMARTS) is 1. The van der Waals surface area contributed by atoms with E-state index in [4.69, 9.17) is 21.1 Å². The molecule has 2 aromatic carbocycles. The molecule has 0 aliphatic rings. The number of ether oxygens (including phenoxy) is 2. The van der Waals surface area contributed by atoms with Crippen molar-refractivity contribution in [2.75, 3.05) is 5.32 Å². The van der Waals surface area contributed by atoms with Gasteiger partial charge in [0.1, 0.15) is 4.88 Å². The minimum absolute atomic E-state index is 0.00270. The van der Waals surface area contributed by atoms with Crippen molar-refractivity contribution < 1.29 is 33.8 Å². The molecule has 10 heteroatoms. The summed E-state index contributed by atoms with van der Waals surface area (Å²) in [7, 11) is 0. The molecule has 0 bridgehead atoms. The lowest BCUT2D eigenvalue weighted by Crippen LogP contribution is -2.11. The first-order chi connectivity index (χ1) is 16.5. The van der Waals surface area contributed by atoms with Gasteiger partial charge in [0.05, 0.1) is 5.69 Å². The van der Waals surface area contributed by atoms with Crippen LogP contribution in [0.5, 0.6) is 11.5 Å². The van der Waals surface area contributed by atoms with E-state index in [0.717, 1.165) is 16.9 Å². The molecule has 0 spiro atoms. The Bertz CT molecular complexity index is 1340. The number of carboxylic acids is 1. The summed E-state index contributed by atoms with van der Waals surface area (Å²) in [6.07, 6.45) is 2.66. The Morgan fingerprint density at radius 3 is 2.20 bits per heavy atom. The number of aromatic carboxylic acids is 1. The maximum Gasteiger partial charge on any atom is 0.348 e. The van der Waals surface area contributed by atoms with E-state index < -0.39 is 23.8 Å². The van der Waals surface area contributed by atoms with Gasteiger partial charge in [0.15, 0.2) is 11.5 Å². The summed E-state index contributed by atoms with van der Waals surface area (Å²) < 4.78 is 10.1. The molecule has 2 N–H and O–H groups in total. The number of amides is 1. The van der Waals surface area contributed by atoms with Crippen LogP contribution in [-0.4, -0.2) is 28.9 Å². The highest BCUT2D eigenvalue weighted by Gasteiger charge is 2.22. The van der Waals surface area contributed by atoms with Crippen LogP contribution in [0, 0.1) is 6.92 Å². The van der Waals surface area contributed by atoms with E-state index in [1.807, 2.05) is 0 Å².